The molecular formula is C31H37N3O2. The molecule has 0 radical (unpaired) electrons. The van der Waals surface area contributed by atoms with E-state index in [2.05, 4.69) is 69.7 Å². The van der Waals surface area contributed by atoms with E-state index < -0.39 is 0 Å². The van der Waals surface area contributed by atoms with E-state index in [4.69, 9.17) is 4.74 Å². The molecule has 1 amide bonds. The number of carbonyl (C=O) groups is 1. The summed E-state index contributed by atoms with van der Waals surface area (Å²) in [5.41, 5.74) is 3.54. The molecule has 3 aromatic carbocycles. The molecule has 0 bridgehead atoms. The average Bonchev–Trinajstić information content (AvgIpc) is 3.74. The Kier molecular flexibility index (Phi) is 7.69. The van der Waals surface area contributed by atoms with Crippen LogP contribution in [-0.2, 0) is 17.9 Å². The van der Waals surface area contributed by atoms with Crippen LogP contribution in [0.2, 0.25) is 0 Å². The first-order valence-electron chi connectivity index (χ1n) is 13.2. The molecule has 5 rings (SSSR count). The molecule has 1 saturated carbocycles. The van der Waals surface area contributed by atoms with Crippen LogP contribution in [0.4, 0.5) is 0 Å². The van der Waals surface area contributed by atoms with E-state index in [0.29, 0.717) is 13.0 Å². The molecule has 1 saturated heterocycles. The van der Waals surface area contributed by atoms with Crippen molar-refractivity contribution in [1.82, 2.24) is 15.1 Å². The number of nitrogens with zero attached hydrogens (tertiary/aromatic N) is 2. The van der Waals surface area contributed by atoms with Crippen LogP contribution in [0.3, 0.4) is 0 Å². The third-order valence-electron chi connectivity index (χ3n) is 7.64. The van der Waals surface area contributed by atoms with Gasteiger partial charge in [-0.1, -0.05) is 85.8 Å². The molecule has 1 aliphatic heterocycles. The quantitative estimate of drug-likeness (QED) is 0.431. The van der Waals surface area contributed by atoms with E-state index in [1.165, 1.54) is 5.56 Å². The summed E-state index contributed by atoms with van der Waals surface area (Å²) in [6, 6.07) is 29.1. The molecule has 5 heteroatoms. The van der Waals surface area contributed by atoms with Gasteiger partial charge in [0.1, 0.15) is 12.4 Å². The highest BCUT2D eigenvalue weighted by Gasteiger charge is 2.55. The first-order chi connectivity index (χ1) is 17.7. The van der Waals surface area contributed by atoms with Crippen molar-refractivity contribution in [3.8, 4) is 5.75 Å². The zero-order valence-electron chi connectivity index (χ0n) is 21.2. The van der Waals surface area contributed by atoms with E-state index in [9.17, 15) is 4.79 Å². The lowest BCUT2D eigenvalue weighted by Crippen LogP contribution is -2.55. The molecule has 2 fully saturated rings. The van der Waals surface area contributed by atoms with Gasteiger partial charge < -0.3 is 10.1 Å². The lowest BCUT2D eigenvalue weighted by atomic mass is 9.93. The lowest BCUT2D eigenvalue weighted by Gasteiger charge is -2.43. The predicted octanol–water partition coefficient (Wildman–Crippen LogP) is 5.18. The monoisotopic (exact) mass is 483 g/mol. The van der Waals surface area contributed by atoms with E-state index in [-0.39, 0.29) is 17.5 Å². The fraction of sp³-hybridized carbons (Fsp3) is 0.387. The predicted molar refractivity (Wildman–Crippen MR) is 144 cm³/mol. The second kappa shape index (κ2) is 11.3. The first-order valence-corrected chi connectivity index (χ1v) is 13.2. The van der Waals surface area contributed by atoms with Gasteiger partial charge in [-0.15, -0.1) is 0 Å². The number of benzene rings is 3. The van der Waals surface area contributed by atoms with Crippen LogP contribution in [0.5, 0.6) is 5.75 Å². The van der Waals surface area contributed by atoms with Gasteiger partial charge in [-0.25, -0.2) is 0 Å². The molecule has 188 valence electrons. The van der Waals surface area contributed by atoms with Crippen molar-refractivity contribution in [1.29, 1.82) is 0 Å². The number of para-hydroxylation sites is 1. The Bertz CT molecular complexity index is 1120. The maximum absolute atomic E-state index is 12.7. The Morgan fingerprint density at radius 2 is 1.47 bits per heavy atom. The van der Waals surface area contributed by atoms with Crippen LogP contribution in [0.1, 0.15) is 48.9 Å². The molecule has 1 aliphatic carbocycles. The van der Waals surface area contributed by atoms with E-state index in [1.54, 1.807) is 0 Å². The average molecular weight is 484 g/mol. The summed E-state index contributed by atoms with van der Waals surface area (Å²) in [7, 11) is 0. The zero-order valence-corrected chi connectivity index (χ0v) is 21.2. The second-order valence-corrected chi connectivity index (χ2v) is 10.0. The normalized spacial score (nSPS) is 18.4. The molecule has 5 nitrogen and oxygen atoms in total. The minimum absolute atomic E-state index is 0.0458. The van der Waals surface area contributed by atoms with E-state index >= 15 is 0 Å². The summed E-state index contributed by atoms with van der Waals surface area (Å²) in [4.78, 5) is 17.9. The number of amides is 1. The zero-order chi connectivity index (χ0) is 24.8. The Morgan fingerprint density at radius 3 is 2.11 bits per heavy atom. The summed E-state index contributed by atoms with van der Waals surface area (Å²) >= 11 is 0. The van der Waals surface area contributed by atoms with E-state index in [0.717, 1.165) is 62.4 Å². The van der Waals surface area contributed by atoms with Crippen LogP contribution < -0.4 is 10.1 Å². The minimum Gasteiger partial charge on any atom is -0.489 e. The van der Waals surface area contributed by atoms with Gasteiger partial charge in [0, 0.05) is 50.2 Å². The largest absolute Gasteiger partial charge is 0.489 e. The molecule has 0 aromatic heterocycles. The van der Waals surface area contributed by atoms with Gasteiger partial charge in [-0.05, 0) is 30.0 Å². The van der Waals surface area contributed by atoms with Crippen LogP contribution in [0.25, 0.3) is 0 Å². The summed E-state index contributed by atoms with van der Waals surface area (Å²) in [5.74, 6) is 0.948. The van der Waals surface area contributed by atoms with Crippen molar-refractivity contribution in [2.24, 2.45) is 0 Å². The molecule has 0 spiro atoms. The number of piperazine rings is 1. The van der Waals surface area contributed by atoms with Gasteiger partial charge in [0.05, 0.1) is 6.04 Å². The Labute approximate surface area is 215 Å². The Balaban J connectivity index is 1.33. The van der Waals surface area contributed by atoms with Gasteiger partial charge in [0.15, 0.2) is 0 Å². The van der Waals surface area contributed by atoms with Crippen LogP contribution in [0.15, 0.2) is 84.9 Å². The molecular weight excluding hydrogens is 446 g/mol. The Morgan fingerprint density at radius 1 is 0.861 bits per heavy atom. The van der Waals surface area contributed by atoms with Gasteiger partial charge in [-0.2, -0.15) is 0 Å². The minimum atomic E-state index is -0.0856. The highest BCUT2D eigenvalue weighted by molar-refractivity contribution is 5.76. The molecule has 1 N–H and O–H groups in total. The summed E-state index contributed by atoms with van der Waals surface area (Å²) in [5, 5.41) is 3.40. The molecule has 1 unspecified atom stereocenters. The van der Waals surface area contributed by atoms with Crippen molar-refractivity contribution >= 4 is 5.91 Å². The molecule has 36 heavy (non-hydrogen) atoms. The number of rotatable bonds is 10. The SMILES string of the molecule is CCC(=O)NC(c1ccccc1OCc1ccccc1)C1(N2CCN(Cc3ccccc3)CC2)CC1. The topological polar surface area (TPSA) is 44.8 Å². The first kappa shape index (κ1) is 24.5. The lowest BCUT2D eigenvalue weighted by molar-refractivity contribution is -0.122. The van der Waals surface area contributed by atoms with Gasteiger partial charge in [-0.3, -0.25) is 14.6 Å². The van der Waals surface area contributed by atoms with Crippen LogP contribution in [-0.4, -0.2) is 47.4 Å². The molecule has 1 atom stereocenters. The maximum Gasteiger partial charge on any atom is 0.220 e. The molecule has 3 aromatic rings. The fourth-order valence-corrected chi connectivity index (χ4v) is 5.46. The van der Waals surface area contributed by atoms with Crippen LogP contribution >= 0.6 is 0 Å². The standard InChI is InChI=1S/C31H37N3O2/c1-2-29(35)32-30(27-15-9-10-16-28(27)36-24-26-13-7-4-8-14-26)31(17-18-31)34-21-19-33(20-22-34)23-25-11-5-3-6-12-25/h3-16,30H,2,17-24H2,1H3,(H,32,35). The Hall–Kier alpha value is -3.15. The second-order valence-electron chi connectivity index (χ2n) is 10.0. The van der Waals surface area contributed by atoms with Crippen LogP contribution in [0, 0.1) is 0 Å². The van der Waals surface area contributed by atoms with Gasteiger partial charge in [0.2, 0.25) is 5.91 Å². The number of ether oxygens (including phenoxy) is 1. The summed E-state index contributed by atoms with van der Waals surface area (Å²) in [6.45, 7) is 7.53. The van der Waals surface area contributed by atoms with Gasteiger partial charge in [0.25, 0.3) is 0 Å². The number of nitrogens with one attached hydrogen (secondary N) is 1. The van der Waals surface area contributed by atoms with Crippen molar-refractivity contribution in [2.45, 2.75) is 50.9 Å². The smallest absolute Gasteiger partial charge is 0.220 e. The van der Waals surface area contributed by atoms with Crippen molar-refractivity contribution in [3.63, 3.8) is 0 Å². The highest BCUT2D eigenvalue weighted by atomic mass is 16.5. The third-order valence-corrected chi connectivity index (χ3v) is 7.64. The summed E-state index contributed by atoms with van der Waals surface area (Å²) < 4.78 is 6.34. The van der Waals surface area contributed by atoms with Crippen molar-refractivity contribution < 1.29 is 9.53 Å². The maximum atomic E-state index is 12.7. The van der Waals surface area contributed by atoms with E-state index in [1.807, 2.05) is 37.3 Å². The van der Waals surface area contributed by atoms with Crippen molar-refractivity contribution in [2.75, 3.05) is 26.2 Å². The number of hydrogen-bond acceptors (Lipinski definition) is 4. The number of hydrogen-bond donors (Lipinski definition) is 1. The summed E-state index contributed by atoms with van der Waals surface area (Å²) in [6.07, 6.45) is 2.66. The third kappa shape index (κ3) is 5.63. The fourth-order valence-electron chi connectivity index (χ4n) is 5.46. The highest BCUT2D eigenvalue weighted by Crippen LogP contribution is 2.52. The number of carbonyl (C=O) groups excluding carboxylic acids is 1. The van der Waals surface area contributed by atoms with Gasteiger partial charge >= 0.3 is 0 Å². The van der Waals surface area contributed by atoms with Crippen molar-refractivity contribution in [3.05, 3.63) is 102 Å². The molecule has 1 heterocycles. The molecule has 2 aliphatic rings.